The smallest absolute Gasteiger partial charge is 0.201 e. The minimum atomic E-state index is 0.739. The molecule has 0 atom stereocenters. The molecule has 1 aliphatic rings. The van der Waals surface area contributed by atoms with Crippen LogP contribution in [0.2, 0.25) is 0 Å². The highest BCUT2D eigenvalue weighted by atomic mass is 15.2. The summed E-state index contributed by atoms with van der Waals surface area (Å²) in [7, 11) is 0. The third-order valence-electron chi connectivity index (χ3n) is 4.34. The molecule has 3 heterocycles. The summed E-state index contributed by atoms with van der Waals surface area (Å²) in [5, 5.41) is 3.37. The third kappa shape index (κ3) is 3.13. The summed E-state index contributed by atoms with van der Waals surface area (Å²) < 4.78 is 0. The van der Waals surface area contributed by atoms with Crippen LogP contribution in [-0.4, -0.2) is 28.0 Å². The molecule has 2 N–H and O–H groups in total. The molecule has 0 spiro atoms. The van der Waals surface area contributed by atoms with Crippen molar-refractivity contribution in [2.45, 2.75) is 25.8 Å². The van der Waals surface area contributed by atoms with Crippen LogP contribution in [0.5, 0.6) is 0 Å². The lowest BCUT2D eigenvalue weighted by Crippen LogP contribution is -2.30. The van der Waals surface area contributed by atoms with E-state index in [0.717, 1.165) is 42.4 Å². The molecule has 1 fully saturated rings. The number of aromatic nitrogens is 3. The van der Waals surface area contributed by atoms with Gasteiger partial charge in [-0.2, -0.15) is 0 Å². The van der Waals surface area contributed by atoms with Crippen LogP contribution in [0, 0.1) is 0 Å². The summed E-state index contributed by atoms with van der Waals surface area (Å²) in [6.07, 6.45) is 5.77. The van der Waals surface area contributed by atoms with E-state index in [2.05, 4.69) is 37.3 Å². The van der Waals surface area contributed by atoms with E-state index in [1.165, 1.54) is 24.8 Å². The molecule has 2 aromatic heterocycles. The number of nitrogens with zero attached hydrogens (tertiary/aromatic N) is 3. The van der Waals surface area contributed by atoms with Crippen molar-refractivity contribution in [3.63, 3.8) is 0 Å². The second-order valence-corrected chi connectivity index (χ2v) is 6.03. The number of imidazole rings is 1. The van der Waals surface area contributed by atoms with Crippen LogP contribution in [0.25, 0.3) is 11.0 Å². The van der Waals surface area contributed by atoms with Crippen LogP contribution in [0.4, 0.5) is 11.8 Å². The van der Waals surface area contributed by atoms with E-state index in [9.17, 15) is 0 Å². The van der Waals surface area contributed by atoms with Crippen molar-refractivity contribution in [3.8, 4) is 0 Å². The zero-order chi connectivity index (χ0) is 15.5. The van der Waals surface area contributed by atoms with Crippen LogP contribution >= 0.6 is 0 Å². The molecule has 0 amide bonds. The molecule has 1 aromatic carbocycles. The van der Waals surface area contributed by atoms with Crippen molar-refractivity contribution in [1.29, 1.82) is 0 Å². The van der Waals surface area contributed by atoms with Gasteiger partial charge in [0.1, 0.15) is 5.82 Å². The number of fused-ring (bicyclic) bond motifs is 1. The highest BCUT2D eigenvalue weighted by molar-refractivity contribution is 5.77. The van der Waals surface area contributed by atoms with Crippen molar-refractivity contribution in [1.82, 2.24) is 15.0 Å². The van der Waals surface area contributed by atoms with E-state index in [4.69, 9.17) is 0 Å². The Labute approximate surface area is 135 Å². The maximum atomic E-state index is 4.55. The van der Waals surface area contributed by atoms with Gasteiger partial charge in [-0.05, 0) is 49.1 Å². The summed E-state index contributed by atoms with van der Waals surface area (Å²) in [5.74, 6) is 1.90. The fraction of sp³-hybridized carbons (Fsp3) is 0.333. The number of hydrogen-bond donors (Lipinski definition) is 2. The van der Waals surface area contributed by atoms with Gasteiger partial charge in [0.2, 0.25) is 5.95 Å². The molecular formula is C18H21N5. The number of pyridine rings is 1. The van der Waals surface area contributed by atoms with E-state index >= 15 is 0 Å². The minimum absolute atomic E-state index is 0.739. The number of hydrogen-bond acceptors (Lipinski definition) is 4. The van der Waals surface area contributed by atoms with Crippen molar-refractivity contribution in [2.24, 2.45) is 0 Å². The van der Waals surface area contributed by atoms with Gasteiger partial charge in [0.15, 0.2) is 0 Å². The van der Waals surface area contributed by atoms with Crippen LogP contribution in [-0.2, 0) is 6.54 Å². The number of piperidine rings is 1. The molecule has 5 heteroatoms. The summed E-state index contributed by atoms with van der Waals surface area (Å²) in [5.41, 5.74) is 3.26. The lowest BCUT2D eigenvalue weighted by molar-refractivity contribution is 0.573. The Morgan fingerprint density at radius 2 is 1.96 bits per heavy atom. The molecule has 1 aliphatic heterocycles. The van der Waals surface area contributed by atoms with Crippen molar-refractivity contribution >= 4 is 22.8 Å². The molecule has 0 saturated carbocycles. The molecular weight excluding hydrogens is 286 g/mol. The first kappa shape index (κ1) is 14.1. The van der Waals surface area contributed by atoms with E-state index in [1.54, 1.807) is 0 Å². The molecule has 5 nitrogen and oxygen atoms in total. The molecule has 23 heavy (non-hydrogen) atoms. The number of aromatic amines is 1. The van der Waals surface area contributed by atoms with Crippen LogP contribution in [0.1, 0.15) is 24.8 Å². The predicted octanol–water partition coefficient (Wildman–Crippen LogP) is 3.56. The molecule has 0 aliphatic carbocycles. The van der Waals surface area contributed by atoms with Gasteiger partial charge in [-0.25, -0.2) is 9.97 Å². The lowest BCUT2D eigenvalue weighted by atomic mass is 10.1. The molecule has 0 unspecified atom stereocenters. The van der Waals surface area contributed by atoms with E-state index in [1.807, 2.05) is 30.5 Å². The number of nitrogens with one attached hydrogen (secondary N) is 2. The van der Waals surface area contributed by atoms with Gasteiger partial charge in [-0.15, -0.1) is 0 Å². The van der Waals surface area contributed by atoms with Crippen LogP contribution in [0.3, 0.4) is 0 Å². The Balaban J connectivity index is 1.46. The lowest BCUT2D eigenvalue weighted by Gasteiger charge is -2.27. The maximum Gasteiger partial charge on any atom is 0.201 e. The zero-order valence-corrected chi connectivity index (χ0v) is 13.1. The van der Waals surface area contributed by atoms with Gasteiger partial charge in [0.25, 0.3) is 0 Å². The van der Waals surface area contributed by atoms with Gasteiger partial charge in [-0.1, -0.05) is 12.1 Å². The summed E-state index contributed by atoms with van der Waals surface area (Å²) in [6, 6.07) is 12.3. The van der Waals surface area contributed by atoms with Crippen LogP contribution < -0.4 is 10.2 Å². The van der Waals surface area contributed by atoms with Gasteiger partial charge in [-0.3, -0.25) is 0 Å². The standard InChI is InChI=1S/C18H21N5/c1-4-10-23(11-5-1)17-12-14(8-9-19-17)13-20-18-21-15-6-2-3-7-16(15)22-18/h2-3,6-9,12H,1,4-5,10-11,13H2,(H2,20,21,22). The molecule has 0 bridgehead atoms. The van der Waals surface area contributed by atoms with Gasteiger partial charge >= 0.3 is 0 Å². The highest BCUT2D eigenvalue weighted by Gasteiger charge is 2.12. The summed E-state index contributed by atoms with van der Waals surface area (Å²) in [6.45, 7) is 2.98. The SMILES string of the molecule is c1ccc2[nH]c(NCc3ccnc(N4CCCCC4)c3)nc2c1. The van der Waals surface area contributed by atoms with E-state index < -0.39 is 0 Å². The molecule has 0 radical (unpaired) electrons. The fourth-order valence-corrected chi connectivity index (χ4v) is 3.09. The Morgan fingerprint density at radius 3 is 2.83 bits per heavy atom. The normalized spacial score (nSPS) is 15.0. The average molecular weight is 307 g/mol. The van der Waals surface area contributed by atoms with Gasteiger partial charge in [0.05, 0.1) is 11.0 Å². The molecule has 1 saturated heterocycles. The number of benzene rings is 1. The van der Waals surface area contributed by atoms with E-state index in [-0.39, 0.29) is 0 Å². The first-order valence-electron chi connectivity index (χ1n) is 8.27. The summed E-state index contributed by atoms with van der Waals surface area (Å²) >= 11 is 0. The maximum absolute atomic E-state index is 4.55. The summed E-state index contributed by atoms with van der Waals surface area (Å²) in [4.78, 5) is 14.8. The third-order valence-corrected chi connectivity index (χ3v) is 4.34. The second kappa shape index (κ2) is 6.28. The molecule has 118 valence electrons. The largest absolute Gasteiger partial charge is 0.357 e. The van der Waals surface area contributed by atoms with Gasteiger partial charge in [0, 0.05) is 25.8 Å². The Morgan fingerprint density at radius 1 is 1.09 bits per heavy atom. The minimum Gasteiger partial charge on any atom is -0.357 e. The molecule has 3 aromatic rings. The number of anilines is 2. The number of rotatable bonds is 4. The number of H-pyrrole nitrogens is 1. The van der Waals surface area contributed by atoms with Crippen molar-refractivity contribution < 1.29 is 0 Å². The molecule has 4 rings (SSSR count). The quantitative estimate of drug-likeness (QED) is 0.774. The van der Waals surface area contributed by atoms with Gasteiger partial charge < -0.3 is 15.2 Å². The monoisotopic (exact) mass is 307 g/mol. The van der Waals surface area contributed by atoms with Crippen LogP contribution in [0.15, 0.2) is 42.6 Å². The highest BCUT2D eigenvalue weighted by Crippen LogP contribution is 2.19. The number of para-hydroxylation sites is 2. The first-order chi connectivity index (χ1) is 11.4. The Bertz CT molecular complexity index is 756. The Hall–Kier alpha value is -2.56. The predicted molar refractivity (Wildman–Crippen MR) is 93.7 cm³/mol. The van der Waals surface area contributed by atoms with E-state index in [0.29, 0.717) is 0 Å². The first-order valence-corrected chi connectivity index (χ1v) is 8.27. The topological polar surface area (TPSA) is 56.8 Å². The zero-order valence-electron chi connectivity index (χ0n) is 13.1. The Kier molecular flexibility index (Phi) is 3.84. The van der Waals surface area contributed by atoms with Crippen molar-refractivity contribution in [2.75, 3.05) is 23.3 Å². The second-order valence-electron chi connectivity index (χ2n) is 6.03. The average Bonchev–Trinajstić information content (AvgIpc) is 3.04. The van der Waals surface area contributed by atoms with Crippen molar-refractivity contribution in [3.05, 3.63) is 48.2 Å². The fourth-order valence-electron chi connectivity index (χ4n) is 3.09.